The number of benzene rings is 2. The van der Waals surface area contributed by atoms with Gasteiger partial charge in [0.2, 0.25) is 0 Å². The molecule has 234 valence electrons. The first-order chi connectivity index (χ1) is 20.8. The fourth-order valence-electron chi connectivity index (χ4n) is 4.35. The number of carbonyl (C=O) groups is 2. The maximum absolute atomic E-state index is 13.1. The Labute approximate surface area is 250 Å². The number of hydrogen-bond acceptors (Lipinski definition) is 11. The lowest BCUT2D eigenvalue weighted by Crippen LogP contribution is -2.44. The van der Waals surface area contributed by atoms with Crippen molar-refractivity contribution >= 4 is 19.7 Å². The third-order valence-electron chi connectivity index (χ3n) is 6.72. The molecule has 2 heterocycles. The first-order valence-corrected chi connectivity index (χ1v) is 14.8. The summed E-state index contributed by atoms with van der Waals surface area (Å²) >= 11 is 0. The molecule has 4 aromatic rings. The van der Waals surface area contributed by atoms with Crippen LogP contribution in [0.2, 0.25) is 0 Å². The van der Waals surface area contributed by atoms with Crippen LogP contribution < -0.4 is 11.1 Å². The van der Waals surface area contributed by atoms with Crippen LogP contribution in [0.15, 0.2) is 74.4 Å². The van der Waals surface area contributed by atoms with E-state index in [4.69, 9.17) is 23.4 Å². The van der Waals surface area contributed by atoms with Gasteiger partial charge < -0.3 is 33.8 Å². The van der Waals surface area contributed by atoms with E-state index in [1.54, 1.807) is 0 Å². The van der Waals surface area contributed by atoms with Crippen LogP contribution >= 0.6 is 7.82 Å². The lowest BCUT2D eigenvalue weighted by atomic mass is 9.82. The Balaban J connectivity index is 1.52. The van der Waals surface area contributed by atoms with Crippen LogP contribution in [0.4, 0.5) is 0 Å². The number of ether oxygens (including phenoxy) is 1. The average molecular weight is 631 g/mol. The summed E-state index contributed by atoms with van der Waals surface area (Å²) in [6, 6.07) is 16.6. The van der Waals surface area contributed by atoms with E-state index in [1.165, 1.54) is 13.8 Å². The second-order valence-corrected chi connectivity index (χ2v) is 11.5. The Morgan fingerprint density at radius 1 is 1.09 bits per heavy atom. The summed E-state index contributed by atoms with van der Waals surface area (Å²) in [5, 5.41) is 20.4. The van der Waals surface area contributed by atoms with Gasteiger partial charge in [-0.25, -0.2) is 14.0 Å². The predicted molar refractivity (Wildman–Crippen MR) is 152 cm³/mol. The van der Waals surface area contributed by atoms with Gasteiger partial charge >= 0.3 is 19.6 Å². The highest BCUT2D eigenvalue weighted by Crippen LogP contribution is 2.36. The van der Waals surface area contributed by atoms with Crippen LogP contribution in [0.25, 0.3) is 11.1 Å². The zero-order chi connectivity index (χ0) is 31.9. The molecule has 0 bridgehead atoms. The van der Waals surface area contributed by atoms with Gasteiger partial charge in [-0.15, -0.1) is 5.10 Å². The van der Waals surface area contributed by atoms with Gasteiger partial charge in [0.15, 0.2) is 30.6 Å². The number of phosphoric acid groups is 1. The molecular weight excluding hydrogens is 599 g/mol. The summed E-state index contributed by atoms with van der Waals surface area (Å²) in [4.78, 5) is 55.4. The third-order valence-corrected chi connectivity index (χ3v) is 7.17. The third kappa shape index (κ3) is 8.81. The number of nitrogens with zero attached hydrogens (tertiary/aromatic N) is 3. The molecule has 0 unspecified atom stereocenters. The van der Waals surface area contributed by atoms with Crippen LogP contribution in [-0.4, -0.2) is 54.4 Å². The molecular formula is C28H31N4O11P. The van der Waals surface area contributed by atoms with Crippen molar-refractivity contribution in [1.82, 2.24) is 20.3 Å². The summed E-state index contributed by atoms with van der Waals surface area (Å²) in [6.07, 6.45) is 1.31. The molecule has 15 nitrogen and oxygen atoms in total. The second-order valence-electron chi connectivity index (χ2n) is 10.3. The first-order valence-electron chi connectivity index (χ1n) is 13.3. The van der Waals surface area contributed by atoms with E-state index in [9.17, 15) is 24.1 Å². The first kappa shape index (κ1) is 32.5. The molecule has 16 heteroatoms. The largest absolute Gasteiger partial charge is 0.519 e. The Kier molecular flexibility index (Phi) is 10.3. The Hall–Kier alpha value is -4.40. The monoisotopic (exact) mass is 630 g/mol. The molecule has 0 saturated carbocycles. The van der Waals surface area contributed by atoms with Crippen LogP contribution in [0.5, 0.6) is 0 Å². The molecule has 0 aliphatic carbocycles. The van der Waals surface area contributed by atoms with E-state index in [0.29, 0.717) is 0 Å². The standard InChI is InChI=1S/C28H31N4O11P/c1-18-24(43-27(36)42-18)15-40-26(35)28(2,16-33)13-22(12-19-8-10-21(11-9-19)20-6-4-3-5-7-20)29-25(34)23-14-32(31-30-23)17-41-44(37,38)39/h3-11,14,22,33H,12-13,15-17H2,1-2H3,(H,29,34)(H2,37,38,39)/t22-,28+/m1/s1. The minimum atomic E-state index is -4.78. The number of amides is 1. The van der Waals surface area contributed by atoms with Gasteiger partial charge in [-0.05, 0) is 43.4 Å². The van der Waals surface area contributed by atoms with Crippen molar-refractivity contribution in [2.24, 2.45) is 5.41 Å². The number of aromatic nitrogens is 3. The molecule has 0 radical (unpaired) electrons. The zero-order valence-electron chi connectivity index (χ0n) is 23.8. The van der Waals surface area contributed by atoms with Gasteiger partial charge in [0.1, 0.15) is 0 Å². The number of aliphatic hydroxyl groups excluding tert-OH is 1. The van der Waals surface area contributed by atoms with E-state index in [-0.39, 0.29) is 30.1 Å². The maximum atomic E-state index is 13.1. The molecule has 4 N–H and O–H groups in total. The molecule has 0 aliphatic rings. The van der Waals surface area contributed by atoms with Gasteiger partial charge in [-0.3, -0.25) is 14.1 Å². The minimum Gasteiger partial charge on any atom is -0.457 e. The molecule has 0 fully saturated rings. The number of nitrogens with one attached hydrogen (secondary N) is 1. The smallest absolute Gasteiger partial charge is 0.457 e. The normalized spacial score (nSPS) is 13.7. The van der Waals surface area contributed by atoms with Gasteiger partial charge in [-0.1, -0.05) is 59.8 Å². The lowest BCUT2D eigenvalue weighted by Gasteiger charge is -2.30. The Morgan fingerprint density at radius 3 is 2.39 bits per heavy atom. The Morgan fingerprint density at radius 2 is 1.77 bits per heavy atom. The van der Waals surface area contributed by atoms with Crippen molar-refractivity contribution in [2.75, 3.05) is 6.61 Å². The van der Waals surface area contributed by atoms with Crippen molar-refractivity contribution < 1.29 is 47.1 Å². The van der Waals surface area contributed by atoms with E-state index in [1.807, 2.05) is 54.6 Å². The molecule has 0 saturated heterocycles. The second kappa shape index (κ2) is 13.9. The van der Waals surface area contributed by atoms with E-state index >= 15 is 0 Å². The van der Waals surface area contributed by atoms with Crippen LogP contribution in [0, 0.1) is 12.3 Å². The average Bonchev–Trinajstić information content (AvgIpc) is 3.60. The molecule has 0 spiro atoms. The number of esters is 1. The summed E-state index contributed by atoms with van der Waals surface area (Å²) in [6.45, 7) is 1.27. The van der Waals surface area contributed by atoms with Crippen molar-refractivity contribution in [3.63, 3.8) is 0 Å². The topological polar surface area (TPSA) is 216 Å². The SMILES string of the molecule is Cc1oc(=O)oc1COC(=O)[C@](C)(CO)C[C@@H](Cc1ccc(-c2ccccc2)cc1)NC(=O)c1cn(COP(=O)(O)O)nn1. The van der Waals surface area contributed by atoms with Crippen molar-refractivity contribution in [1.29, 1.82) is 0 Å². The summed E-state index contributed by atoms with van der Waals surface area (Å²) in [7, 11) is -4.78. The number of rotatable bonds is 14. The van der Waals surface area contributed by atoms with Crippen molar-refractivity contribution in [3.8, 4) is 11.1 Å². The van der Waals surface area contributed by atoms with Gasteiger partial charge in [0, 0.05) is 6.04 Å². The highest BCUT2D eigenvalue weighted by atomic mass is 31.2. The molecule has 0 aliphatic heterocycles. The summed E-state index contributed by atoms with van der Waals surface area (Å²) in [5.41, 5.74) is 1.15. The van der Waals surface area contributed by atoms with Crippen molar-refractivity contribution in [3.05, 3.63) is 94.2 Å². The molecule has 2 atom stereocenters. The van der Waals surface area contributed by atoms with E-state index in [2.05, 4.69) is 20.2 Å². The fourth-order valence-corrected chi connectivity index (χ4v) is 4.62. The maximum Gasteiger partial charge on any atom is 0.519 e. The molecule has 4 rings (SSSR count). The van der Waals surface area contributed by atoms with Gasteiger partial charge in [0.25, 0.3) is 5.91 Å². The number of aryl methyl sites for hydroxylation is 1. The van der Waals surface area contributed by atoms with Crippen LogP contribution in [0.3, 0.4) is 0 Å². The minimum absolute atomic E-state index is 0.0258. The Bertz CT molecular complexity index is 1680. The highest BCUT2D eigenvalue weighted by Gasteiger charge is 2.38. The van der Waals surface area contributed by atoms with Gasteiger partial charge in [0.05, 0.1) is 18.2 Å². The fraction of sp³-hybridized carbons (Fsp3) is 0.321. The van der Waals surface area contributed by atoms with Gasteiger partial charge in [-0.2, -0.15) is 0 Å². The van der Waals surface area contributed by atoms with Crippen LogP contribution in [0.1, 0.15) is 40.9 Å². The summed E-state index contributed by atoms with van der Waals surface area (Å²) < 4.78 is 31.2. The quantitative estimate of drug-likeness (QED) is 0.116. The van der Waals surface area contributed by atoms with E-state index < -0.39 is 56.9 Å². The predicted octanol–water partition coefficient (Wildman–Crippen LogP) is 2.34. The molecule has 2 aromatic heterocycles. The highest BCUT2D eigenvalue weighted by molar-refractivity contribution is 7.46. The number of hydrogen-bond donors (Lipinski definition) is 4. The number of carbonyl (C=O) groups excluding carboxylic acids is 2. The van der Waals surface area contributed by atoms with Crippen LogP contribution in [-0.2, 0) is 38.4 Å². The lowest BCUT2D eigenvalue weighted by molar-refractivity contribution is -0.160. The molecule has 1 amide bonds. The molecule has 44 heavy (non-hydrogen) atoms. The van der Waals surface area contributed by atoms with E-state index in [0.717, 1.165) is 27.6 Å². The zero-order valence-corrected chi connectivity index (χ0v) is 24.7. The molecule has 2 aromatic carbocycles. The summed E-state index contributed by atoms with van der Waals surface area (Å²) in [5.74, 6) is -2.26. The number of phosphoric ester groups is 1. The van der Waals surface area contributed by atoms with Crippen molar-refractivity contribution in [2.45, 2.75) is 46.1 Å². The number of aliphatic hydroxyl groups is 1.